The van der Waals surface area contributed by atoms with Crippen LogP contribution in [0.3, 0.4) is 0 Å². The van der Waals surface area contributed by atoms with Crippen LogP contribution in [-0.4, -0.2) is 97.6 Å². The molecule has 9 nitrogen and oxygen atoms in total. The largest absolute Gasteiger partial charge is 0.467 e. The Morgan fingerprint density at radius 1 is 0.783 bits per heavy atom. The van der Waals surface area contributed by atoms with Gasteiger partial charge in [-0.15, -0.1) is 11.8 Å². The second kappa shape index (κ2) is 24.2. The van der Waals surface area contributed by atoms with Gasteiger partial charge in [-0.2, -0.15) is 11.8 Å². The number of carbonyl (C=O) groups is 3. The number of thioether (sulfide) groups is 2. The maximum atomic E-state index is 14.2. The van der Waals surface area contributed by atoms with Crippen LogP contribution in [0.4, 0.5) is 4.79 Å². The summed E-state index contributed by atoms with van der Waals surface area (Å²) in [5.41, 5.74) is 3.77. The van der Waals surface area contributed by atoms with E-state index in [-0.39, 0.29) is 23.9 Å². The second-order valence-electron chi connectivity index (χ2n) is 16.3. The first-order chi connectivity index (χ1) is 28.8. The van der Waals surface area contributed by atoms with E-state index in [1.807, 2.05) is 82.6 Å². The predicted octanol–water partition coefficient (Wildman–Crippen LogP) is 8.56. The minimum atomic E-state index is -0.739. The zero-order chi connectivity index (χ0) is 43.5. The molecule has 11 heteroatoms. The molecule has 0 aliphatic carbocycles. The number of likely N-dealkylation sites (N-methyl/N-ethyl adjacent to an activating group) is 1. The number of esters is 1. The summed E-state index contributed by atoms with van der Waals surface area (Å²) in [6.45, 7) is 11.0. The molecule has 324 valence electrons. The molecule has 0 unspecified atom stereocenters. The smallest absolute Gasteiger partial charge is 0.407 e. The Bertz CT molecular complexity index is 1770. The van der Waals surface area contributed by atoms with Gasteiger partial charge in [0.2, 0.25) is 5.91 Å². The molecule has 0 aromatic heterocycles. The van der Waals surface area contributed by atoms with Crippen molar-refractivity contribution in [2.45, 2.75) is 88.4 Å². The summed E-state index contributed by atoms with van der Waals surface area (Å²) in [6.07, 6.45) is 3.34. The number of nitrogens with zero attached hydrogens (tertiary/aromatic N) is 1. The fourth-order valence-electron chi connectivity index (χ4n) is 7.26. The van der Waals surface area contributed by atoms with Crippen LogP contribution in [0.2, 0.25) is 0 Å². The highest BCUT2D eigenvalue weighted by atomic mass is 32.2. The molecule has 0 radical (unpaired) electrons. The average molecular weight is 855 g/mol. The van der Waals surface area contributed by atoms with Crippen molar-refractivity contribution in [2.24, 2.45) is 5.92 Å². The van der Waals surface area contributed by atoms with Gasteiger partial charge in [0.1, 0.15) is 11.6 Å². The molecular weight excluding hydrogens is 789 g/mol. The molecule has 0 saturated carbocycles. The SMILES string of the molecule is CC[C@H](C)[C@@H](CN(C)[C@@H](Cc1ccccc1)C(=O)N[C@@H](CCSC)C(=O)OC)NC[C@H](CSC(c1ccccc1)(c1ccccc1)c1ccccc1)NC(=O)OC(C)(C)C. The summed E-state index contributed by atoms with van der Waals surface area (Å²) < 4.78 is 10.3. The van der Waals surface area contributed by atoms with Crippen molar-refractivity contribution in [3.8, 4) is 0 Å². The third kappa shape index (κ3) is 14.4. The summed E-state index contributed by atoms with van der Waals surface area (Å²) in [5, 5.41) is 10.1. The summed E-state index contributed by atoms with van der Waals surface area (Å²) in [5.74, 6) is 0.816. The summed E-state index contributed by atoms with van der Waals surface area (Å²) >= 11 is 3.41. The Balaban J connectivity index is 1.65. The number of carbonyl (C=O) groups excluding carboxylic acids is 3. The lowest BCUT2D eigenvalue weighted by Crippen LogP contribution is -2.56. The number of hydrogen-bond acceptors (Lipinski definition) is 9. The van der Waals surface area contributed by atoms with Crippen LogP contribution in [0.1, 0.15) is 69.7 Å². The van der Waals surface area contributed by atoms with Gasteiger partial charge in [-0.3, -0.25) is 9.69 Å². The topological polar surface area (TPSA) is 109 Å². The number of benzene rings is 4. The standard InChI is InChI=1S/C49H66N4O5S2/c1-9-36(2)43(34-53(6)44(32-37-22-14-10-15-23-37)45(54)52-42(30-31-59-8)46(55)57-7)50-33-41(51-47(56)58-48(3,4)5)35-60-49(38-24-16-11-17-25-38,39-26-18-12-19-27-39)40-28-20-13-21-29-40/h10-29,36,41-44,50H,9,30-35H2,1-8H3,(H,51,56)(H,52,54)/t36-,41+,42-,43+,44-/m0/s1. The molecule has 0 aliphatic rings. The molecule has 3 N–H and O–H groups in total. The fourth-order valence-corrected chi connectivity index (χ4v) is 9.29. The first-order valence-corrected chi connectivity index (χ1v) is 23.3. The van der Waals surface area contributed by atoms with Crippen molar-refractivity contribution < 1.29 is 23.9 Å². The Labute approximate surface area is 367 Å². The van der Waals surface area contributed by atoms with Gasteiger partial charge in [0.15, 0.2) is 0 Å². The van der Waals surface area contributed by atoms with Crippen LogP contribution in [0, 0.1) is 5.92 Å². The number of nitrogens with one attached hydrogen (secondary N) is 3. The van der Waals surface area contributed by atoms with E-state index in [4.69, 9.17) is 9.47 Å². The number of methoxy groups -OCH3 is 1. The molecule has 5 atom stereocenters. The second-order valence-corrected chi connectivity index (χ2v) is 18.6. The van der Waals surface area contributed by atoms with Crippen molar-refractivity contribution in [1.29, 1.82) is 0 Å². The number of ether oxygens (including phenoxy) is 2. The van der Waals surface area contributed by atoms with Crippen LogP contribution in [0.5, 0.6) is 0 Å². The van der Waals surface area contributed by atoms with Gasteiger partial charge in [0.25, 0.3) is 0 Å². The Hall–Kier alpha value is -4.29. The molecule has 2 amide bonds. The minimum absolute atomic E-state index is 0.0472. The predicted molar refractivity (Wildman–Crippen MR) is 250 cm³/mol. The van der Waals surface area contributed by atoms with E-state index in [9.17, 15) is 14.4 Å². The zero-order valence-corrected chi connectivity index (χ0v) is 38.3. The quantitative estimate of drug-likeness (QED) is 0.0500. The van der Waals surface area contributed by atoms with Crippen LogP contribution < -0.4 is 16.0 Å². The monoisotopic (exact) mass is 854 g/mol. The first kappa shape index (κ1) is 48.4. The van der Waals surface area contributed by atoms with Crippen molar-refractivity contribution in [3.05, 3.63) is 144 Å². The molecule has 4 aromatic rings. The van der Waals surface area contributed by atoms with E-state index in [0.717, 1.165) is 28.7 Å². The number of amides is 2. The molecule has 4 aromatic carbocycles. The minimum Gasteiger partial charge on any atom is -0.467 e. The maximum Gasteiger partial charge on any atom is 0.407 e. The summed E-state index contributed by atoms with van der Waals surface area (Å²) in [6, 6.07) is 39.9. The fraction of sp³-hybridized carbons (Fsp3) is 0.449. The summed E-state index contributed by atoms with van der Waals surface area (Å²) in [7, 11) is 3.32. The van der Waals surface area contributed by atoms with E-state index in [1.165, 1.54) is 7.11 Å². The summed E-state index contributed by atoms with van der Waals surface area (Å²) in [4.78, 5) is 42.6. The molecule has 0 heterocycles. The maximum absolute atomic E-state index is 14.2. The first-order valence-electron chi connectivity index (χ1n) is 21.0. The molecule has 60 heavy (non-hydrogen) atoms. The lowest BCUT2D eigenvalue weighted by atomic mass is 9.84. The van der Waals surface area contributed by atoms with Gasteiger partial charge < -0.3 is 25.4 Å². The van der Waals surface area contributed by atoms with Crippen LogP contribution in [-0.2, 0) is 30.2 Å². The van der Waals surface area contributed by atoms with Gasteiger partial charge in [-0.25, -0.2) is 9.59 Å². The van der Waals surface area contributed by atoms with Crippen molar-refractivity contribution >= 4 is 41.5 Å². The van der Waals surface area contributed by atoms with E-state index >= 15 is 0 Å². The number of hydrogen-bond donors (Lipinski definition) is 3. The Kier molecular flexibility index (Phi) is 19.5. The Morgan fingerprint density at radius 2 is 1.30 bits per heavy atom. The van der Waals surface area contributed by atoms with Crippen LogP contribution in [0.15, 0.2) is 121 Å². The molecule has 0 saturated heterocycles. The zero-order valence-electron chi connectivity index (χ0n) is 36.7. The molecule has 0 aliphatic heterocycles. The van der Waals surface area contributed by atoms with E-state index in [0.29, 0.717) is 37.4 Å². The van der Waals surface area contributed by atoms with Crippen LogP contribution >= 0.6 is 23.5 Å². The van der Waals surface area contributed by atoms with Crippen molar-refractivity contribution in [1.82, 2.24) is 20.9 Å². The molecule has 0 fully saturated rings. The number of alkyl carbamates (subject to hydrolysis) is 1. The highest BCUT2D eigenvalue weighted by molar-refractivity contribution is 8.00. The van der Waals surface area contributed by atoms with Gasteiger partial charge in [0, 0.05) is 24.9 Å². The molecule has 0 bridgehead atoms. The third-order valence-electron chi connectivity index (χ3n) is 10.7. The normalized spacial score (nSPS) is 14.3. The van der Waals surface area contributed by atoms with Gasteiger partial charge in [0.05, 0.1) is 23.9 Å². The van der Waals surface area contributed by atoms with E-state index in [1.54, 1.807) is 23.5 Å². The van der Waals surface area contributed by atoms with E-state index < -0.39 is 34.5 Å². The molecule has 4 rings (SSSR count). The van der Waals surface area contributed by atoms with E-state index in [2.05, 4.69) is 107 Å². The van der Waals surface area contributed by atoms with Gasteiger partial charge >= 0.3 is 12.1 Å². The van der Waals surface area contributed by atoms with Gasteiger partial charge in [-0.1, -0.05) is 142 Å². The average Bonchev–Trinajstić information content (AvgIpc) is 3.25. The molecular formula is C49H66N4O5S2. The highest BCUT2D eigenvalue weighted by Gasteiger charge is 2.38. The highest BCUT2D eigenvalue weighted by Crippen LogP contribution is 2.48. The number of rotatable bonds is 23. The third-order valence-corrected chi connectivity index (χ3v) is 13.1. The lowest BCUT2D eigenvalue weighted by molar-refractivity contribution is -0.145. The van der Waals surface area contributed by atoms with Crippen LogP contribution in [0.25, 0.3) is 0 Å². The Morgan fingerprint density at radius 3 is 1.77 bits per heavy atom. The van der Waals surface area contributed by atoms with Crippen molar-refractivity contribution in [3.63, 3.8) is 0 Å². The van der Waals surface area contributed by atoms with Crippen molar-refractivity contribution in [2.75, 3.05) is 45.0 Å². The van der Waals surface area contributed by atoms with Gasteiger partial charge in [-0.05, 0) is 80.8 Å². The molecule has 0 spiro atoms. The lowest BCUT2D eigenvalue weighted by Gasteiger charge is -2.37.